The zero-order valence-electron chi connectivity index (χ0n) is 20.0. The minimum Gasteiger partial charge on any atom is -0.494 e. The Morgan fingerprint density at radius 3 is 2.56 bits per heavy atom. The fraction of sp³-hybridized carbons (Fsp3) is 0.385. The number of aromatic amines is 2. The van der Waals surface area contributed by atoms with Gasteiger partial charge in [0, 0.05) is 11.9 Å². The first kappa shape index (κ1) is 26.2. The Morgan fingerprint density at radius 1 is 1.00 bits per heavy atom. The van der Waals surface area contributed by atoms with Gasteiger partial charge in [0.25, 0.3) is 0 Å². The summed E-state index contributed by atoms with van der Waals surface area (Å²) >= 11 is 0. The molecule has 1 fully saturated rings. The van der Waals surface area contributed by atoms with E-state index in [1.54, 1.807) is 0 Å². The number of rotatable bonds is 9. The molecule has 0 unspecified atom stereocenters. The molecule has 8 nitrogen and oxygen atoms in total. The van der Waals surface area contributed by atoms with Crippen LogP contribution in [-0.2, 0) is 16.4 Å². The fourth-order valence-corrected chi connectivity index (χ4v) is 6.60. The number of nitrogens with one attached hydrogen (secondary N) is 2. The smallest absolute Gasteiger partial charge is 0.325 e. The lowest BCUT2D eigenvalue weighted by molar-refractivity contribution is 0.222. The molecule has 10 heteroatoms. The summed E-state index contributed by atoms with van der Waals surface area (Å²) in [5.41, 5.74) is 2.92. The number of pyridine rings is 1. The van der Waals surface area contributed by atoms with Crippen molar-refractivity contribution in [2.45, 2.75) is 37.5 Å². The van der Waals surface area contributed by atoms with Gasteiger partial charge in [-0.15, -0.1) is 12.4 Å². The average Bonchev–Trinajstić information content (AvgIpc) is 3.22. The molecule has 0 aliphatic carbocycles. The molecular weight excluding hydrogens is 500 g/mol. The first-order valence-corrected chi connectivity index (χ1v) is 13.8. The van der Waals surface area contributed by atoms with Crippen molar-refractivity contribution in [3.05, 3.63) is 70.6 Å². The van der Waals surface area contributed by atoms with Crippen molar-refractivity contribution in [1.29, 1.82) is 0 Å². The predicted octanol–water partition coefficient (Wildman–Crippen LogP) is 4.06. The van der Waals surface area contributed by atoms with Crippen LogP contribution >= 0.6 is 12.4 Å². The van der Waals surface area contributed by atoms with Crippen LogP contribution in [0.5, 0.6) is 5.75 Å². The van der Waals surface area contributed by atoms with Crippen LogP contribution in [0.3, 0.4) is 0 Å². The van der Waals surface area contributed by atoms with Crippen LogP contribution in [0.1, 0.15) is 31.2 Å². The number of hydrogen-bond acceptors (Lipinski definition) is 6. The summed E-state index contributed by atoms with van der Waals surface area (Å²) in [6.07, 6.45) is 2.67. The molecule has 0 atom stereocenters. The number of benzene rings is 2. The molecule has 2 aromatic carbocycles. The summed E-state index contributed by atoms with van der Waals surface area (Å²) in [6, 6.07) is 17.7. The van der Waals surface area contributed by atoms with E-state index in [0.29, 0.717) is 49.2 Å². The van der Waals surface area contributed by atoms with Gasteiger partial charge in [-0.2, -0.15) is 0 Å². The number of likely N-dealkylation sites (tertiary alicyclic amines) is 1. The van der Waals surface area contributed by atoms with Crippen molar-refractivity contribution in [3.63, 3.8) is 0 Å². The second kappa shape index (κ2) is 11.5. The van der Waals surface area contributed by atoms with Gasteiger partial charge in [0.1, 0.15) is 5.75 Å². The van der Waals surface area contributed by atoms with Gasteiger partial charge in [-0.3, -0.25) is 9.88 Å². The molecule has 5 rings (SSSR count). The molecule has 0 bridgehead atoms. The first-order chi connectivity index (χ1) is 17.0. The summed E-state index contributed by atoms with van der Waals surface area (Å²) in [7, 11) is -3.09. The summed E-state index contributed by atoms with van der Waals surface area (Å²) in [5, 5.41) is 0.631. The number of piperidine rings is 1. The number of nitrogens with zero attached hydrogens (tertiary/aromatic N) is 2. The Balaban J connectivity index is 0.00000304. The Labute approximate surface area is 216 Å². The predicted molar refractivity (Wildman–Crippen MR) is 145 cm³/mol. The highest BCUT2D eigenvalue weighted by molar-refractivity contribution is 7.92. The maximum absolute atomic E-state index is 12.8. The molecule has 1 aliphatic rings. The lowest BCUT2D eigenvalue weighted by atomic mass is 10.1. The molecule has 0 spiro atoms. The normalized spacial score (nSPS) is 15.2. The minimum atomic E-state index is -3.09. The van der Waals surface area contributed by atoms with Gasteiger partial charge in [-0.1, -0.05) is 30.3 Å². The lowest BCUT2D eigenvalue weighted by Crippen LogP contribution is -2.39. The Hall–Kier alpha value is -2.88. The van der Waals surface area contributed by atoms with Crippen molar-refractivity contribution in [2.75, 3.05) is 25.4 Å². The molecule has 0 radical (unpaired) electrons. The Bertz CT molecular complexity index is 1460. The molecule has 1 saturated heterocycles. The molecule has 4 aromatic rings. The second-order valence-electron chi connectivity index (χ2n) is 9.20. The molecule has 36 heavy (non-hydrogen) atoms. The van der Waals surface area contributed by atoms with Gasteiger partial charge in [0.05, 0.1) is 28.6 Å². The van der Waals surface area contributed by atoms with E-state index in [1.165, 1.54) is 5.56 Å². The van der Waals surface area contributed by atoms with Crippen molar-refractivity contribution in [2.24, 2.45) is 0 Å². The quantitative estimate of drug-likeness (QED) is 0.316. The number of unbranched alkanes of at least 4 members (excludes halogenated alkanes) is 1. The molecule has 1 aliphatic heterocycles. The molecule has 2 N–H and O–H groups in total. The third-order valence-electron chi connectivity index (χ3n) is 6.65. The number of imidazole rings is 1. The van der Waals surface area contributed by atoms with E-state index >= 15 is 0 Å². The van der Waals surface area contributed by atoms with Crippen LogP contribution in [-0.4, -0.2) is 59.0 Å². The zero-order valence-corrected chi connectivity index (χ0v) is 21.6. The maximum atomic E-state index is 12.8. The molecule has 192 valence electrons. The number of hydrogen-bond donors (Lipinski definition) is 2. The summed E-state index contributed by atoms with van der Waals surface area (Å²) in [5.74, 6) is 0.908. The van der Waals surface area contributed by atoms with Crippen LogP contribution in [0.25, 0.3) is 22.1 Å². The molecule has 0 saturated carbocycles. The first-order valence-electron chi connectivity index (χ1n) is 12.1. The highest BCUT2D eigenvalue weighted by Crippen LogP contribution is 2.23. The van der Waals surface area contributed by atoms with Crippen LogP contribution in [0, 0.1) is 0 Å². The SMILES string of the molecule is Cl.O=c1[nH]c2cc3cc(OCCCCS(=O)(=O)C4CCN(Cc5ccccc5)CC4)ccc3nc2[nH]1. The van der Waals surface area contributed by atoms with E-state index in [9.17, 15) is 13.2 Å². The number of H-pyrrole nitrogens is 2. The second-order valence-corrected chi connectivity index (χ2v) is 11.6. The Morgan fingerprint density at radius 2 is 1.78 bits per heavy atom. The van der Waals surface area contributed by atoms with Gasteiger partial charge in [0.15, 0.2) is 15.5 Å². The lowest BCUT2D eigenvalue weighted by Gasteiger charge is -2.31. The van der Waals surface area contributed by atoms with Crippen LogP contribution in [0.4, 0.5) is 0 Å². The van der Waals surface area contributed by atoms with E-state index < -0.39 is 9.84 Å². The topological polar surface area (TPSA) is 108 Å². The van der Waals surface area contributed by atoms with Crippen molar-refractivity contribution < 1.29 is 13.2 Å². The van der Waals surface area contributed by atoms with E-state index in [-0.39, 0.29) is 29.1 Å². The van der Waals surface area contributed by atoms with Crippen molar-refractivity contribution in [1.82, 2.24) is 19.9 Å². The number of fused-ring (bicyclic) bond motifs is 2. The summed E-state index contributed by atoms with van der Waals surface area (Å²) < 4.78 is 31.5. The molecule has 3 heterocycles. The fourth-order valence-electron chi connectivity index (χ4n) is 4.73. The third kappa shape index (κ3) is 6.27. The van der Waals surface area contributed by atoms with E-state index in [4.69, 9.17) is 4.74 Å². The van der Waals surface area contributed by atoms with E-state index in [1.807, 2.05) is 42.5 Å². The zero-order chi connectivity index (χ0) is 24.3. The van der Waals surface area contributed by atoms with Gasteiger partial charge in [-0.05, 0) is 68.6 Å². The third-order valence-corrected chi connectivity index (χ3v) is 8.99. The molecular formula is C26H31ClN4O4S. The number of halogens is 1. The van der Waals surface area contributed by atoms with Crippen molar-refractivity contribution >= 4 is 44.3 Å². The average molecular weight is 531 g/mol. The molecule has 0 amide bonds. The van der Waals surface area contributed by atoms with Crippen molar-refractivity contribution in [3.8, 4) is 5.75 Å². The minimum absolute atomic E-state index is 0. The van der Waals surface area contributed by atoms with Gasteiger partial charge in [-0.25, -0.2) is 18.2 Å². The Kier molecular flexibility index (Phi) is 8.33. The van der Waals surface area contributed by atoms with Gasteiger partial charge >= 0.3 is 5.69 Å². The standard InChI is InChI=1S/C26H30N4O4S.ClH/c31-26-28-24-17-20-16-21(8-9-23(20)27-25(24)29-26)34-14-4-5-15-35(32,33)22-10-12-30(13-11-22)18-19-6-2-1-3-7-19;/h1-3,6-9,16-17,22H,4-5,10-15,18H2,(H2,27,28,29,31);1H. The number of aromatic nitrogens is 3. The monoisotopic (exact) mass is 530 g/mol. The van der Waals surface area contributed by atoms with Gasteiger partial charge < -0.3 is 9.72 Å². The summed E-state index contributed by atoms with van der Waals surface area (Å²) in [6.45, 7) is 2.97. The van der Waals surface area contributed by atoms with Crippen LogP contribution < -0.4 is 10.4 Å². The van der Waals surface area contributed by atoms with Gasteiger partial charge in [0.2, 0.25) is 0 Å². The largest absolute Gasteiger partial charge is 0.494 e. The highest BCUT2D eigenvalue weighted by atomic mass is 35.5. The highest BCUT2D eigenvalue weighted by Gasteiger charge is 2.29. The number of sulfone groups is 1. The molecule has 2 aromatic heterocycles. The van der Waals surface area contributed by atoms with Crippen LogP contribution in [0.2, 0.25) is 0 Å². The van der Waals surface area contributed by atoms with E-state index in [0.717, 1.165) is 30.5 Å². The summed E-state index contributed by atoms with van der Waals surface area (Å²) in [4.78, 5) is 23.6. The van der Waals surface area contributed by atoms with Crippen LogP contribution in [0.15, 0.2) is 59.4 Å². The van der Waals surface area contributed by atoms with E-state index in [2.05, 4.69) is 32.0 Å². The number of ether oxygens (including phenoxy) is 1. The maximum Gasteiger partial charge on any atom is 0.325 e.